The maximum atomic E-state index is 11.3. The molecule has 4 heteroatoms. The van der Waals surface area contributed by atoms with Crippen molar-refractivity contribution in [1.29, 1.82) is 0 Å². The number of methoxy groups -OCH3 is 1. The van der Waals surface area contributed by atoms with Gasteiger partial charge in [0.2, 0.25) is 0 Å². The lowest BCUT2D eigenvalue weighted by molar-refractivity contribution is -0.146. The first-order valence-corrected chi connectivity index (χ1v) is 6.63. The van der Waals surface area contributed by atoms with Crippen LogP contribution >= 0.6 is 0 Å². The molecule has 0 saturated heterocycles. The molecule has 2 N–H and O–H groups in total. The van der Waals surface area contributed by atoms with E-state index < -0.39 is 0 Å². The molecule has 0 aliphatic rings. The average molecular weight is 245 g/mol. The molecule has 0 amide bonds. The van der Waals surface area contributed by atoms with Crippen molar-refractivity contribution in [2.45, 2.75) is 58.0 Å². The van der Waals surface area contributed by atoms with Crippen LogP contribution in [0.15, 0.2) is 0 Å². The van der Waals surface area contributed by atoms with Crippen molar-refractivity contribution in [3.63, 3.8) is 0 Å². The molecule has 0 aromatic carbocycles. The third-order valence-corrected chi connectivity index (χ3v) is 2.75. The van der Waals surface area contributed by atoms with Gasteiger partial charge in [0, 0.05) is 13.7 Å². The standard InChI is InChI=1S/C13H27NO3/c1-3-4-5-6-7-8-9-17-13(15)10-12(11-14)16-2/h12H,3-11,14H2,1-2H3. The Morgan fingerprint density at radius 2 is 1.82 bits per heavy atom. The van der Waals surface area contributed by atoms with Gasteiger partial charge in [-0.3, -0.25) is 4.79 Å². The van der Waals surface area contributed by atoms with E-state index in [1.165, 1.54) is 25.7 Å². The predicted molar refractivity (Wildman–Crippen MR) is 68.8 cm³/mol. The molecule has 0 fully saturated rings. The van der Waals surface area contributed by atoms with Crippen molar-refractivity contribution < 1.29 is 14.3 Å². The molecule has 0 heterocycles. The number of unbranched alkanes of at least 4 members (excludes halogenated alkanes) is 5. The third-order valence-electron chi connectivity index (χ3n) is 2.75. The van der Waals surface area contributed by atoms with Crippen LogP contribution in [0.3, 0.4) is 0 Å². The van der Waals surface area contributed by atoms with E-state index in [2.05, 4.69) is 6.92 Å². The van der Waals surface area contributed by atoms with Gasteiger partial charge in [0.1, 0.15) is 0 Å². The summed E-state index contributed by atoms with van der Waals surface area (Å²) in [5.41, 5.74) is 5.42. The minimum absolute atomic E-state index is 0.212. The number of esters is 1. The highest BCUT2D eigenvalue weighted by molar-refractivity contribution is 5.69. The minimum atomic E-state index is -0.216. The second-order valence-electron chi connectivity index (χ2n) is 4.29. The van der Waals surface area contributed by atoms with Crippen LogP contribution in [0, 0.1) is 0 Å². The normalized spacial score (nSPS) is 12.4. The highest BCUT2D eigenvalue weighted by Crippen LogP contribution is 2.05. The summed E-state index contributed by atoms with van der Waals surface area (Å²) in [6, 6.07) is 0. The fraction of sp³-hybridized carbons (Fsp3) is 0.923. The van der Waals surface area contributed by atoms with Gasteiger partial charge < -0.3 is 15.2 Å². The first-order chi connectivity index (χ1) is 8.24. The quantitative estimate of drug-likeness (QED) is 0.448. The molecule has 1 atom stereocenters. The van der Waals surface area contributed by atoms with Crippen molar-refractivity contribution in [3.05, 3.63) is 0 Å². The first kappa shape index (κ1) is 16.4. The SMILES string of the molecule is CCCCCCCCOC(=O)CC(CN)OC. The summed E-state index contributed by atoms with van der Waals surface area (Å²) in [4.78, 5) is 11.3. The lowest BCUT2D eigenvalue weighted by Gasteiger charge is -2.11. The monoisotopic (exact) mass is 245 g/mol. The smallest absolute Gasteiger partial charge is 0.308 e. The summed E-state index contributed by atoms with van der Waals surface area (Å²) in [5, 5.41) is 0. The highest BCUT2D eigenvalue weighted by Gasteiger charge is 2.11. The van der Waals surface area contributed by atoms with Gasteiger partial charge in [0.15, 0.2) is 0 Å². The molecule has 0 rings (SSSR count). The van der Waals surface area contributed by atoms with Crippen molar-refractivity contribution >= 4 is 5.97 Å². The Kier molecular flexibility index (Phi) is 11.4. The lowest BCUT2D eigenvalue weighted by Crippen LogP contribution is -2.26. The number of hydrogen-bond donors (Lipinski definition) is 1. The summed E-state index contributed by atoms with van der Waals surface area (Å²) in [6.07, 6.45) is 7.19. The Morgan fingerprint density at radius 1 is 1.18 bits per heavy atom. The fourth-order valence-electron chi connectivity index (χ4n) is 1.58. The van der Waals surface area contributed by atoms with Gasteiger partial charge in [-0.25, -0.2) is 0 Å². The van der Waals surface area contributed by atoms with Crippen LogP contribution in [-0.2, 0) is 14.3 Å². The topological polar surface area (TPSA) is 61.5 Å². The summed E-state index contributed by atoms with van der Waals surface area (Å²) in [5.74, 6) is -0.212. The predicted octanol–water partition coefficient (Wildman–Crippen LogP) is 2.25. The van der Waals surface area contributed by atoms with Gasteiger partial charge in [0.05, 0.1) is 19.1 Å². The number of carbonyl (C=O) groups is 1. The van der Waals surface area contributed by atoms with Crippen LogP contribution in [0.2, 0.25) is 0 Å². The lowest BCUT2D eigenvalue weighted by atomic mass is 10.1. The molecule has 0 spiro atoms. The van der Waals surface area contributed by atoms with Crippen LogP contribution in [0.4, 0.5) is 0 Å². The van der Waals surface area contributed by atoms with Gasteiger partial charge in [-0.15, -0.1) is 0 Å². The molecule has 0 aromatic rings. The zero-order chi connectivity index (χ0) is 12.9. The Balaban J connectivity index is 3.33. The number of carbonyl (C=O) groups excluding carboxylic acids is 1. The summed E-state index contributed by atoms with van der Waals surface area (Å²) >= 11 is 0. The molecule has 102 valence electrons. The van der Waals surface area contributed by atoms with E-state index in [-0.39, 0.29) is 18.5 Å². The fourth-order valence-corrected chi connectivity index (χ4v) is 1.58. The second kappa shape index (κ2) is 11.9. The summed E-state index contributed by atoms with van der Waals surface area (Å²) in [6.45, 7) is 3.07. The minimum Gasteiger partial charge on any atom is -0.466 e. The van der Waals surface area contributed by atoms with Crippen LogP contribution in [-0.4, -0.2) is 32.3 Å². The van der Waals surface area contributed by atoms with Gasteiger partial charge in [-0.2, -0.15) is 0 Å². The average Bonchev–Trinajstić information content (AvgIpc) is 2.34. The Morgan fingerprint density at radius 3 is 2.41 bits per heavy atom. The van der Waals surface area contributed by atoms with E-state index >= 15 is 0 Å². The van der Waals surface area contributed by atoms with E-state index in [1.807, 2.05) is 0 Å². The van der Waals surface area contributed by atoms with Gasteiger partial charge in [-0.05, 0) is 6.42 Å². The summed E-state index contributed by atoms with van der Waals surface area (Å²) in [7, 11) is 1.55. The number of rotatable bonds is 11. The molecule has 17 heavy (non-hydrogen) atoms. The Labute approximate surface area is 105 Å². The van der Waals surface area contributed by atoms with E-state index in [4.69, 9.17) is 15.2 Å². The van der Waals surface area contributed by atoms with Crippen molar-refractivity contribution in [2.75, 3.05) is 20.3 Å². The molecule has 0 aliphatic heterocycles. The van der Waals surface area contributed by atoms with Gasteiger partial charge in [-0.1, -0.05) is 39.0 Å². The zero-order valence-electron chi connectivity index (χ0n) is 11.2. The largest absolute Gasteiger partial charge is 0.466 e. The maximum Gasteiger partial charge on any atom is 0.308 e. The maximum absolute atomic E-state index is 11.3. The van der Waals surface area contributed by atoms with E-state index in [9.17, 15) is 4.79 Å². The van der Waals surface area contributed by atoms with Crippen LogP contribution < -0.4 is 5.73 Å². The second-order valence-corrected chi connectivity index (χ2v) is 4.29. The number of nitrogens with two attached hydrogens (primary N) is 1. The highest BCUT2D eigenvalue weighted by atomic mass is 16.5. The number of ether oxygens (including phenoxy) is 2. The molecular formula is C13H27NO3. The van der Waals surface area contributed by atoms with Crippen LogP contribution in [0.5, 0.6) is 0 Å². The van der Waals surface area contributed by atoms with E-state index in [0.717, 1.165) is 12.8 Å². The molecule has 1 unspecified atom stereocenters. The van der Waals surface area contributed by atoms with Crippen molar-refractivity contribution in [1.82, 2.24) is 0 Å². The first-order valence-electron chi connectivity index (χ1n) is 6.63. The molecule has 0 aromatic heterocycles. The van der Waals surface area contributed by atoms with E-state index in [0.29, 0.717) is 13.2 Å². The van der Waals surface area contributed by atoms with Gasteiger partial charge >= 0.3 is 5.97 Å². The van der Waals surface area contributed by atoms with Crippen LogP contribution in [0.25, 0.3) is 0 Å². The number of hydrogen-bond acceptors (Lipinski definition) is 4. The van der Waals surface area contributed by atoms with Crippen LogP contribution in [0.1, 0.15) is 51.9 Å². The molecule has 0 radical (unpaired) electrons. The molecule has 4 nitrogen and oxygen atoms in total. The molecule has 0 saturated carbocycles. The molecular weight excluding hydrogens is 218 g/mol. The Bertz CT molecular complexity index is 182. The molecule has 0 aliphatic carbocycles. The zero-order valence-corrected chi connectivity index (χ0v) is 11.2. The van der Waals surface area contributed by atoms with Gasteiger partial charge in [0.25, 0.3) is 0 Å². The van der Waals surface area contributed by atoms with E-state index in [1.54, 1.807) is 7.11 Å². The van der Waals surface area contributed by atoms with Crippen molar-refractivity contribution in [3.8, 4) is 0 Å². The molecule has 0 bridgehead atoms. The third kappa shape index (κ3) is 10.3. The summed E-state index contributed by atoms with van der Waals surface area (Å²) < 4.78 is 10.1. The Hall–Kier alpha value is -0.610. The van der Waals surface area contributed by atoms with Crippen molar-refractivity contribution in [2.24, 2.45) is 5.73 Å².